The van der Waals surface area contributed by atoms with Gasteiger partial charge in [-0.25, -0.2) is 0 Å². The summed E-state index contributed by atoms with van der Waals surface area (Å²) >= 11 is 7.61. The molecule has 0 fully saturated rings. The third kappa shape index (κ3) is 4.58. The van der Waals surface area contributed by atoms with Crippen molar-refractivity contribution in [2.24, 2.45) is 0 Å². The first-order chi connectivity index (χ1) is 7.09. The van der Waals surface area contributed by atoms with Gasteiger partial charge in [0.1, 0.15) is 0 Å². The molecule has 0 spiro atoms. The summed E-state index contributed by atoms with van der Waals surface area (Å²) in [5, 5.41) is 9.22. The highest BCUT2D eigenvalue weighted by Gasteiger charge is 2.00. The van der Waals surface area contributed by atoms with E-state index in [2.05, 4.69) is 0 Å². The van der Waals surface area contributed by atoms with Crippen molar-refractivity contribution in [1.29, 1.82) is 0 Å². The smallest absolute Gasteiger partial charge is 0.303 e. The zero-order valence-corrected chi connectivity index (χ0v) is 10.1. The van der Waals surface area contributed by atoms with Crippen LogP contribution in [0.15, 0.2) is 23.1 Å². The first-order valence-electron chi connectivity index (χ1n) is 4.70. The number of hydrogen-bond acceptors (Lipinski definition) is 2. The molecule has 0 saturated heterocycles. The fraction of sp³-hybridized carbons (Fsp3) is 0.364. The first kappa shape index (κ1) is 12.4. The van der Waals surface area contributed by atoms with Gasteiger partial charge >= 0.3 is 5.97 Å². The van der Waals surface area contributed by atoms with E-state index >= 15 is 0 Å². The largest absolute Gasteiger partial charge is 0.481 e. The predicted octanol–water partition coefficient (Wildman–Crippen LogP) is 3.61. The van der Waals surface area contributed by atoms with Crippen molar-refractivity contribution in [2.75, 3.05) is 5.75 Å². The maximum Gasteiger partial charge on any atom is 0.303 e. The van der Waals surface area contributed by atoms with E-state index in [-0.39, 0.29) is 6.42 Å². The standard InChI is InChI=1S/C11H13ClO2S/c1-8-4-5-9(7-10(8)12)15-6-2-3-11(13)14/h4-5,7H,2-3,6H2,1H3,(H,13,14). The molecule has 0 aliphatic rings. The zero-order valence-electron chi connectivity index (χ0n) is 8.50. The van der Waals surface area contributed by atoms with E-state index in [1.807, 2.05) is 25.1 Å². The normalized spacial score (nSPS) is 10.3. The van der Waals surface area contributed by atoms with Gasteiger partial charge < -0.3 is 5.11 Å². The summed E-state index contributed by atoms with van der Waals surface area (Å²) in [4.78, 5) is 11.4. The molecule has 0 heterocycles. The Morgan fingerprint density at radius 2 is 2.27 bits per heavy atom. The minimum Gasteiger partial charge on any atom is -0.481 e. The van der Waals surface area contributed by atoms with E-state index in [9.17, 15) is 4.79 Å². The van der Waals surface area contributed by atoms with Gasteiger partial charge in [0.15, 0.2) is 0 Å². The molecule has 1 N–H and O–H groups in total. The Bertz CT molecular complexity index is 352. The molecule has 1 rings (SSSR count). The second kappa shape index (κ2) is 6.03. The van der Waals surface area contributed by atoms with Crippen LogP contribution in [0.1, 0.15) is 18.4 Å². The average molecular weight is 245 g/mol. The van der Waals surface area contributed by atoms with Crippen LogP contribution in [-0.2, 0) is 4.79 Å². The van der Waals surface area contributed by atoms with E-state index in [4.69, 9.17) is 16.7 Å². The van der Waals surface area contributed by atoms with Crippen LogP contribution >= 0.6 is 23.4 Å². The van der Waals surface area contributed by atoms with Crippen LogP contribution in [0.25, 0.3) is 0 Å². The summed E-state index contributed by atoms with van der Waals surface area (Å²) in [6, 6.07) is 5.90. The van der Waals surface area contributed by atoms with E-state index in [1.54, 1.807) is 11.8 Å². The van der Waals surface area contributed by atoms with Crippen molar-refractivity contribution in [3.05, 3.63) is 28.8 Å². The van der Waals surface area contributed by atoms with Gasteiger partial charge in [0, 0.05) is 16.3 Å². The van der Waals surface area contributed by atoms with Crippen molar-refractivity contribution in [1.82, 2.24) is 0 Å². The fourth-order valence-electron chi connectivity index (χ4n) is 1.08. The van der Waals surface area contributed by atoms with Crippen molar-refractivity contribution in [2.45, 2.75) is 24.7 Å². The molecule has 1 aromatic rings. The number of hydrogen-bond donors (Lipinski definition) is 1. The molecule has 0 aromatic heterocycles. The van der Waals surface area contributed by atoms with Crippen LogP contribution in [0, 0.1) is 6.92 Å². The lowest BCUT2D eigenvalue weighted by Crippen LogP contribution is -1.94. The highest BCUT2D eigenvalue weighted by Crippen LogP contribution is 2.25. The lowest BCUT2D eigenvalue weighted by molar-refractivity contribution is -0.137. The van der Waals surface area contributed by atoms with Crippen LogP contribution in [-0.4, -0.2) is 16.8 Å². The second-order valence-corrected chi connectivity index (χ2v) is 4.83. The molecular weight excluding hydrogens is 232 g/mol. The Morgan fingerprint density at radius 3 is 2.87 bits per heavy atom. The minimum atomic E-state index is -0.738. The van der Waals surface area contributed by atoms with Crippen molar-refractivity contribution < 1.29 is 9.90 Å². The second-order valence-electron chi connectivity index (χ2n) is 3.26. The number of benzene rings is 1. The molecule has 2 nitrogen and oxygen atoms in total. The summed E-state index contributed by atoms with van der Waals surface area (Å²) < 4.78 is 0. The van der Waals surface area contributed by atoms with Gasteiger partial charge in [0.2, 0.25) is 0 Å². The van der Waals surface area contributed by atoms with Crippen molar-refractivity contribution >= 4 is 29.3 Å². The van der Waals surface area contributed by atoms with Crippen LogP contribution < -0.4 is 0 Å². The van der Waals surface area contributed by atoms with Crippen LogP contribution in [0.3, 0.4) is 0 Å². The number of rotatable bonds is 5. The highest BCUT2D eigenvalue weighted by molar-refractivity contribution is 7.99. The molecule has 0 aliphatic carbocycles. The summed E-state index contributed by atoms with van der Waals surface area (Å²) in [6.07, 6.45) is 0.915. The Morgan fingerprint density at radius 1 is 1.53 bits per heavy atom. The lowest BCUT2D eigenvalue weighted by atomic mass is 10.2. The predicted molar refractivity (Wildman–Crippen MR) is 63.8 cm³/mol. The number of carbonyl (C=O) groups is 1. The van der Waals surface area contributed by atoms with Gasteiger partial charge in [-0.05, 0) is 36.8 Å². The zero-order chi connectivity index (χ0) is 11.3. The summed E-state index contributed by atoms with van der Waals surface area (Å²) in [5.41, 5.74) is 1.06. The average Bonchev–Trinajstić information content (AvgIpc) is 2.18. The fourth-order valence-corrected chi connectivity index (χ4v) is 2.21. The topological polar surface area (TPSA) is 37.3 Å². The summed E-state index contributed by atoms with van der Waals surface area (Å²) in [7, 11) is 0. The molecule has 0 radical (unpaired) electrons. The number of thioether (sulfide) groups is 1. The number of aliphatic carboxylic acids is 1. The van der Waals surface area contributed by atoms with E-state index in [1.165, 1.54) is 0 Å². The van der Waals surface area contributed by atoms with Crippen molar-refractivity contribution in [3.8, 4) is 0 Å². The Hall–Kier alpha value is -0.670. The molecule has 0 aliphatic heterocycles. The summed E-state index contributed by atoms with van der Waals surface area (Å²) in [6.45, 7) is 1.96. The van der Waals surface area contributed by atoms with Crippen molar-refractivity contribution in [3.63, 3.8) is 0 Å². The molecule has 0 bridgehead atoms. The summed E-state index contributed by atoms with van der Waals surface area (Å²) in [5.74, 6) is 0.0728. The molecule has 4 heteroatoms. The van der Waals surface area contributed by atoms with Gasteiger partial charge in [0.25, 0.3) is 0 Å². The van der Waals surface area contributed by atoms with E-state index in [0.717, 1.165) is 21.2 Å². The molecule has 0 atom stereocenters. The SMILES string of the molecule is Cc1ccc(SCCCC(=O)O)cc1Cl. The number of halogens is 1. The molecule has 82 valence electrons. The van der Waals surface area contributed by atoms with Crippen LogP contribution in [0.2, 0.25) is 5.02 Å². The minimum absolute atomic E-state index is 0.229. The Labute approximate surface area is 98.6 Å². The number of carboxylic acids is 1. The monoisotopic (exact) mass is 244 g/mol. The highest BCUT2D eigenvalue weighted by atomic mass is 35.5. The van der Waals surface area contributed by atoms with E-state index in [0.29, 0.717) is 6.42 Å². The Balaban J connectivity index is 2.38. The number of carboxylic acid groups (broad SMARTS) is 1. The van der Waals surface area contributed by atoms with Crippen LogP contribution in [0.5, 0.6) is 0 Å². The lowest BCUT2D eigenvalue weighted by Gasteiger charge is -2.03. The van der Waals surface area contributed by atoms with Crippen LogP contribution in [0.4, 0.5) is 0 Å². The molecular formula is C11H13ClO2S. The Kier molecular flexibility index (Phi) is 4.99. The maximum atomic E-state index is 10.3. The quantitative estimate of drug-likeness (QED) is 0.635. The van der Waals surface area contributed by atoms with Gasteiger partial charge in [-0.1, -0.05) is 17.7 Å². The number of aryl methyl sites for hydroxylation is 1. The molecule has 0 saturated carbocycles. The van der Waals surface area contributed by atoms with Gasteiger partial charge in [-0.15, -0.1) is 11.8 Å². The molecule has 0 amide bonds. The molecule has 0 unspecified atom stereocenters. The third-order valence-corrected chi connectivity index (χ3v) is 3.43. The first-order valence-corrected chi connectivity index (χ1v) is 6.06. The van der Waals surface area contributed by atoms with Gasteiger partial charge in [0.05, 0.1) is 0 Å². The maximum absolute atomic E-state index is 10.3. The van der Waals surface area contributed by atoms with Gasteiger partial charge in [-0.3, -0.25) is 4.79 Å². The van der Waals surface area contributed by atoms with E-state index < -0.39 is 5.97 Å². The molecule has 1 aromatic carbocycles. The van der Waals surface area contributed by atoms with Gasteiger partial charge in [-0.2, -0.15) is 0 Å². The molecule has 15 heavy (non-hydrogen) atoms. The third-order valence-electron chi connectivity index (χ3n) is 1.95.